The maximum absolute atomic E-state index is 13.4. The summed E-state index contributed by atoms with van der Waals surface area (Å²) in [6.45, 7) is 5.38. The molecule has 2 heterocycles. The van der Waals surface area contributed by atoms with Gasteiger partial charge in [0.25, 0.3) is 21.6 Å². The van der Waals surface area contributed by atoms with E-state index in [-0.39, 0.29) is 23.6 Å². The minimum atomic E-state index is -4.49. The smallest absolute Gasteiger partial charge is 0.293 e. The number of benzene rings is 5. The summed E-state index contributed by atoms with van der Waals surface area (Å²) in [6, 6.07) is 35.6. The standard InChI is InChI=1S/C45H47ClN6O6S2/c46-36-17-13-33(14-18-36)41-12-6-5-9-35(41)31-49-25-27-50(28-26-49)38-19-15-34(16-20-38)45(54)48-60(57,58)40-21-22-42(43(30-40)52(55)56)47-37(32-59-39-10-3-1-4-11-39)29-44(53)51-23-7-2-8-24-51/h1,3-6,9-22,30,37,47H,2,7-8,23-29,31-32H2,(H,48,54)/t37-/m1/s1. The normalized spacial score (nSPS) is 15.3. The number of carbonyl (C=O) groups is 2. The third-order valence-electron chi connectivity index (χ3n) is 10.8. The van der Waals surface area contributed by atoms with Crippen LogP contribution < -0.4 is 14.9 Å². The van der Waals surface area contributed by atoms with Gasteiger partial charge in [-0.2, -0.15) is 0 Å². The van der Waals surface area contributed by atoms with E-state index in [9.17, 15) is 28.1 Å². The number of nitrogens with one attached hydrogen (secondary N) is 2. The third kappa shape index (κ3) is 11.0. The van der Waals surface area contributed by atoms with Crippen molar-refractivity contribution in [3.8, 4) is 11.1 Å². The molecular weight excluding hydrogens is 820 g/mol. The van der Waals surface area contributed by atoms with Crippen molar-refractivity contribution in [1.29, 1.82) is 0 Å². The number of rotatable bonds is 15. The maximum atomic E-state index is 13.4. The van der Waals surface area contributed by atoms with Gasteiger partial charge in [-0.25, -0.2) is 13.1 Å². The molecule has 312 valence electrons. The van der Waals surface area contributed by atoms with E-state index in [0.29, 0.717) is 23.9 Å². The van der Waals surface area contributed by atoms with Crippen LogP contribution in [0, 0.1) is 10.1 Å². The van der Waals surface area contributed by atoms with Crippen LogP contribution in [-0.4, -0.2) is 86.0 Å². The molecule has 2 aliphatic rings. The molecule has 0 spiro atoms. The van der Waals surface area contributed by atoms with Gasteiger partial charge in [-0.15, -0.1) is 11.8 Å². The molecule has 0 saturated carbocycles. The highest BCUT2D eigenvalue weighted by molar-refractivity contribution is 7.99. The highest BCUT2D eigenvalue weighted by Gasteiger charge is 2.27. The average molecular weight is 867 g/mol. The molecule has 0 aliphatic carbocycles. The number of anilines is 2. The largest absolute Gasteiger partial charge is 0.375 e. The van der Waals surface area contributed by atoms with Gasteiger partial charge in [0.2, 0.25) is 5.91 Å². The monoisotopic (exact) mass is 866 g/mol. The number of halogens is 1. The fraction of sp³-hybridized carbons (Fsp3) is 0.289. The van der Waals surface area contributed by atoms with Crippen LogP contribution in [0.2, 0.25) is 5.02 Å². The second-order valence-corrected chi connectivity index (χ2v) is 18.2. The number of carbonyl (C=O) groups excluding carboxylic acids is 2. The number of nitro groups is 1. The van der Waals surface area contributed by atoms with E-state index in [0.717, 1.165) is 74.2 Å². The van der Waals surface area contributed by atoms with E-state index in [4.69, 9.17) is 11.6 Å². The molecule has 2 N–H and O–H groups in total. The number of likely N-dealkylation sites (tertiary alicyclic amines) is 1. The first-order valence-corrected chi connectivity index (χ1v) is 22.9. The number of hydrogen-bond acceptors (Lipinski definition) is 10. The molecule has 1 atom stereocenters. The molecule has 0 radical (unpaired) electrons. The Kier molecular flexibility index (Phi) is 14.1. The molecule has 12 nitrogen and oxygen atoms in total. The Hall–Kier alpha value is -5.41. The predicted molar refractivity (Wildman–Crippen MR) is 238 cm³/mol. The van der Waals surface area contributed by atoms with Crippen molar-refractivity contribution in [2.45, 2.75) is 48.1 Å². The van der Waals surface area contributed by atoms with E-state index in [2.05, 4.69) is 38.0 Å². The molecule has 5 aromatic rings. The van der Waals surface area contributed by atoms with Crippen LogP contribution in [0.1, 0.15) is 41.6 Å². The van der Waals surface area contributed by atoms with Crippen LogP contribution in [0.4, 0.5) is 17.1 Å². The fourth-order valence-electron chi connectivity index (χ4n) is 7.56. The van der Waals surface area contributed by atoms with Crippen LogP contribution >= 0.6 is 23.4 Å². The summed E-state index contributed by atoms with van der Waals surface area (Å²) < 4.78 is 29.0. The molecule has 2 saturated heterocycles. The highest BCUT2D eigenvalue weighted by Crippen LogP contribution is 2.31. The first-order chi connectivity index (χ1) is 29.0. The summed E-state index contributed by atoms with van der Waals surface area (Å²) in [4.78, 5) is 45.2. The zero-order valence-corrected chi connectivity index (χ0v) is 35.4. The summed E-state index contributed by atoms with van der Waals surface area (Å²) in [5.41, 5.74) is 4.16. The van der Waals surface area contributed by atoms with E-state index in [1.54, 1.807) is 24.3 Å². The molecule has 15 heteroatoms. The van der Waals surface area contributed by atoms with Crippen molar-refractivity contribution in [3.05, 3.63) is 148 Å². The zero-order valence-electron chi connectivity index (χ0n) is 33.0. The lowest BCUT2D eigenvalue weighted by Crippen LogP contribution is -2.46. The summed E-state index contributed by atoms with van der Waals surface area (Å²) in [7, 11) is -4.49. The minimum absolute atomic E-state index is 0.0374. The molecule has 2 aliphatic heterocycles. The van der Waals surface area contributed by atoms with E-state index >= 15 is 0 Å². The van der Waals surface area contributed by atoms with Crippen LogP contribution in [0.3, 0.4) is 0 Å². The van der Waals surface area contributed by atoms with E-state index in [1.807, 2.05) is 65.6 Å². The van der Waals surface area contributed by atoms with Crippen LogP contribution in [-0.2, 0) is 21.4 Å². The van der Waals surface area contributed by atoms with Crippen molar-refractivity contribution in [2.75, 3.05) is 55.2 Å². The lowest BCUT2D eigenvalue weighted by Gasteiger charge is -2.36. The van der Waals surface area contributed by atoms with Crippen molar-refractivity contribution < 1.29 is 22.9 Å². The van der Waals surface area contributed by atoms with Crippen molar-refractivity contribution in [2.24, 2.45) is 0 Å². The lowest BCUT2D eigenvalue weighted by atomic mass is 9.99. The number of nitrogens with zero attached hydrogens (tertiary/aromatic N) is 4. The Morgan fingerprint density at radius 1 is 0.800 bits per heavy atom. The molecule has 60 heavy (non-hydrogen) atoms. The third-order valence-corrected chi connectivity index (χ3v) is 13.6. The topological polar surface area (TPSA) is 145 Å². The summed E-state index contributed by atoms with van der Waals surface area (Å²) in [5.74, 6) is -0.457. The number of hydrogen-bond donors (Lipinski definition) is 2. The molecule has 5 aromatic carbocycles. The molecule has 0 unspecified atom stereocenters. The van der Waals surface area contributed by atoms with Crippen LogP contribution in [0.15, 0.2) is 131 Å². The zero-order chi connectivity index (χ0) is 42.1. The van der Waals surface area contributed by atoms with Gasteiger partial charge in [-0.05, 0) is 96.6 Å². The van der Waals surface area contributed by atoms with Gasteiger partial charge in [0.05, 0.1) is 9.82 Å². The fourth-order valence-corrected chi connectivity index (χ4v) is 9.62. The van der Waals surface area contributed by atoms with Gasteiger partial charge in [-0.1, -0.05) is 66.2 Å². The second kappa shape index (κ2) is 19.8. The van der Waals surface area contributed by atoms with Crippen LogP contribution in [0.5, 0.6) is 0 Å². The summed E-state index contributed by atoms with van der Waals surface area (Å²) in [6.07, 6.45) is 3.07. The Labute approximate surface area is 360 Å². The Morgan fingerprint density at radius 3 is 2.18 bits per heavy atom. The van der Waals surface area contributed by atoms with Crippen molar-refractivity contribution in [1.82, 2.24) is 14.5 Å². The second-order valence-electron chi connectivity index (χ2n) is 15.0. The van der Waals surface area contributed by atoms with E-state index < -0.39 is 37.5 Å². The highest BCUT2D eigenvalue weighted by atomic mass is 35.5. The van der Waals surface area contributed by atoms with Gasteiger partial charge in [-0.3, -0.25) is 24.6 Å². The predicted octanol–water partition coefficient (Wildman–Crippen LogP) is 8.33. The molecule has 2 fully saturated rings. The molecule has 0 aromatic heterocycles. The number of thioether (sulfide) groups is 1. The SMILES string of the molecule is O=C(NS(=O)(=O)c1ccc(N[C@@H](CSc2ccccc2)CC(=O)N2CCCCC2)c([N+](=O)[O-])c1)c1ccc(N2CCN(Cc3ccccc3-c3ccc(Cl)cc3)CC2)cc1. The number of nitro benzene ring substituents is 1. The Balaban J connectivity index is 0.969. The summed E-state index contributed by atoms with van der Waals surface area (Å²) >= 11 is 7.64. The molecule has 7 rings (SSSR count). The van der Waals surface area contributed by atoms with E-state index in [1.165, 1.54) is 35.0 Å². The molecular formula is C45H47ClN6O6S2. The Morgan fingerprint density at radius 2 is 1.48 bits per heavy atom. The van der Waals surface area contributed by atoms with Crippen molar-refractivity contribution in [3.63, 3.8) is 0 Å². The first kappa shape index (κ1) is 42.7. The van der Waals surface area contributed by atoms with Gasteiger partial charge in [0.1, 0.15) is 5.69 Å². The molecule has 2 amide bonds. The van der Waals surface area contributed by atoms with Gasteiger partial charge < -0.3 is 15.1 Å². The number of piperidine rings is 1. The minimum Gasteiger partial charge on any atom is -0.375 e. The number of sulfonamides is 1. The lowest BCUT2D eigenvalue weighted by molar-refractivity contribution is -0.384. The van der Waals surface area contributed by atoms with Gasteiger partial charge in [0.15, 0.2) is 0 Å². The van der Waals surface area contributed by atoms with Crippen molar-refractivity contribution >= 4 is 62.3 Å². The quantitative estimate of drug-likeness (QED) is 0.0599. The van der Waals surface area contributed by atoms with Gasteiger partial charge >= 0.3 is 0 Å². The number of amides is 2. The molecule has 0 bridgehead atoms. The maximum Gasteiger partial charge on any atom is 0.293 e. The Bertz CT molecular complexity index is 2390. The van der Waals surface area contributed by atoms with Crippen LogP contribution in [0.25, 0.3) is 11.1 Å². The van der Waals surface area contributed by atoms with Gasteiger partial charge in [0, 0.05) is 91.3 Å². The average Bonchev–Trinajstić information content (AvgIpc) is 3.27. The first-order valence-electron chi connectivity index (χ1n) is 20.0. The number of piperazine rings is 1. The summed E-state index contributed by atoms with van der Waals surface area (Å²) in [5, 5.41) is 16.2.